The molecule has 2 aliphatic rings. The summed E-state index contributed by atoms with van der Waals surface area (Å²) >= 11 is 0. The summed E-state index contributed by atoms with van der Waals surface area (Å²) in [5, 5.41) is 4.55. The molecule has 0 spiro atoms. The van der Waals surface area contributed by atoms with Crippen LogP contribution in [0, 0.1) is 6.92 Å². The number of aromatic nitrogens is 6. The molecule has 0 atom stereocenters. The second-order valence-corrected chi connectivity index (χ2v) is 10.7. The Hall–Kier alpha value is -4.22. The van der Waals surface area contributed by atoms with Gasteiger partial charge >= 0.3 is 6.18 Å². The van der Waals surface area contributed by atoms with E-state index in [9.17, 15) is 18.0 Å². The van der Waals surface area contributed by atoms with Crippen LogP contribution in [0.4, 0.5) is 24.7 Å². The number of benzene rings is 1. The fourth-order valence-electron chi connectivity index (χ4n) is 5.20. The number of carbonyl (C=O) groups is 1. The van der Waals surface area contributed by atoms with Crippen LogP contribution in [0.1, 0.15) is 49.6 Å². The maximum Gasteiger partial charge on any atom is 0.434 e. The molecule has 12 heteroatoms. The van der Waals surface area contributed by atoms with Crippen LogP contribution in [0.15, 0.2) is 42.9 Å². The molecule has 4 aromatic rings. The lowest BCUT2D eigenvalue weighted by Gasteiger charge is -2.38. The van der Waals surface area contributed by atoms with Gasteiger partial charge in [-0.15, -0.1) is 0 Å². The third-order valence-corrected chi connectivity index (χ3v) is 7.26. The number of alkyl halides is 3. The van der Waals surface area contributed by atoms with Gasteiger partial charge in [0, 0.05) is 31.4 Å². The number of anilines is 2. The van der Waals surface area contributed by atoms with Gasteiger partial charge in [0.05, 0.1) is 25.0 Å². The molecule has 1 fully saturated rings. The summed E-state index contributed by atoms with van der Waals surface area (Å²) < 4.78 is 42.7. The summed E-state index contributed by atoms with van der Waals surface area (Å²) in [7, 11) is 1.54. The lowest BCUT2D eigenvalue weighted by Crippen LogP contribution is -2.49. The van der Waals surface area contributed by atoms with Gasteiger partial charge in [-0.3, -0.25) is 9.48 Å². The molecule has 4 heterocycles. The smallest absolute Gasteiger partial charge is 0.341 e. The van der Waals surface area contributed by atoms with Crippen LogP contribution < -0.4 is 9.80 Å². The molecule has 3 aromatic heterocycles. The number of aryl methyl sites for hydroxylation is 2. The van der Waals surface area contributed by atoms with Crippen molar-refractivity contribution < 1.29 is 18.0 Å². The summed E-state index contributed by atoms with van der Waals surface area (Å²) in [5.74, 6) is 1.39. The van der Waals surface area contributed by atoms with Crippen molar-refractivity contribution in [1.82, 2.24) is 29.3 Å². The number of imidazole rings is 1. The van der Waals surface area contributed by atoms with Crippen LogP contribution in [-0.4, -0.2) is 47.8 Å². The fraction of sp³-hybridized carbons (Fsp3) is 0.393. The Bertz CT molecular complexity index is 1580. The molecular formula is C28H29F3N8O. The first-order valence-corrected chi connectivity index (χ1v) is 13.2. The molecule has 1 aromatic carbocycles. The van der Waals surface area contributed by atoms with Crippen molar-refractivity contribution in [3.63, 3.8) is 0 Å². The SMILES string of the molecule is Cc1cnn(C2CC2)c1-c1ncc2c(n1)N(Cc1ccc(-c3nc(C(F)(F)F)cn3C)cc1)CC(=O)N2C(C)C. The second-order valence-electron chi connectivity index (χ2n) is 10.7. The fourth-order valence-corrected chi connectivity index (χ4v) is 5.20. The highest BCUT2D eigenvalue weighted by Crippen LogP contribution is 2.40. The Morgan fingerprint density at radius 2 is 1.80 bits per heavy atom. The third-order valence-electron chi connectivity index (χ3n) is 7.26. The van der Waals surface area contributed by atoms with E-state index < -0.39 is 11.9 Å². The van der Waals surface area contributed by atoms with E-state index in [1.165, 1.54) is 11.6 Å². The molecule has 0 unspecified atom stereocenters. The van der Waals surface area contributed by atoms with Gasteiger partial charge in [0.25, 0.3) is 0 Å². The van der Waals surface area contributed by atoms with Gasteiger partial charge in [0.15, 0.2) is 17.3 Å². The van der Waals surface area contributed by atoms with E-state index in [1.807, 2.05) is 48.7 Å². The van der Waals surface area contributed by atoms with E-state index in [-0.39, 0.29) is 24.3 Å². The summed E-state index contributed by atoms with van der Waals surface area (Å²) in [4.78, 5) is 30.3. The molecule has 1 aliphatic carbocycles. The average molecular weight is 551 g/mol. The predicted molar refractivity (Wildman–Crippen MR) is 144 cm³/mol. The van der Waals surface area contributed by atoms with Crippen molar-refractivity contribution in [2.45, 2.75) is 58.4 Å². The highest BCUT2D eigenvalue weighted by molar-refractivity contribution is 6.02. The molecule has 0 bridgehead atoms. The van der Waals surface area contributed by atoms with Gasteiger partial charge in [-0.2, -0.15) is 18.3 Å². The van der Waals surface area contributed by atoms with Crippen LogP contribution in [0.2, 0.25) is 0 Å². The van der Waals surface area contributed by atoms with Crippen molar-refractivity contribution >= 4 is 17.4 Å². The molecule has 6 rings (SSSR count). The standard InChI is InChI=1S/C28H29F3N8O/c1-16(2)38-21-12-32-25(24-17(3)11-33-39(24)20-9-10-20)35-27(21)37(15-23(38)40)13-18-5-7-19(8-6-18)26-34-22(14-36(26)4)28(29,30)31/h5-8,11-12,14,16,20H,9-10,13,15H2,1-4H3. The first kappa shape index (κ1) is 26.0. The molecule has 1 amide bonds. The minimum Gasteiger partial charge on any atom is -0.341 e. The number of hydrogen-bond donors (Lipinski definition) is 0. The Morgan fingerprint density at radius 3 is 2.42 bits per heavy atom. The topological polar surface area (TPSA) is 85.0 Å². The Balaban J connectivity index is 1.33. The number of halogens is 3. The van der Waals surface area contributed by atoms with E-state index in [0.717, 1.165) is 35.9 Å². The van der Waals surface area contributed by atoms with Crippen LogP contribution in [0.3, 0.4) is 0 Å². The molecular weight excluding hydrogens is 521 g/mol. The highest BCUT2D eigenvalue weighted by atomic mass is 19.4. The van der Waals surface area contributed by atoms with Crippen LogP contribution in [-0.2, 0) is 24.6 Å². The zero-order valence-corrected chi connectivity index (χ0v) is 22.6. The average Bonchev–Trinajstić information content (AvgIpc) is 3.55. The van der Waals surface area contributed by atoms with Crippen LogP contribution in [0.25, 0.3) is 22.9 Å². The van der Waals surface area contributed by atoms with E-state index in [0.29, 0.717) is 35.5 Å². The first-order chi connectivity index (χ1) is 19.0. The van der Waals surface area contributed by atoms with Crippen molar-refractivity contribution in [3.8, 4) is 22.9 Å². The lowest BCUT2D eigenvalue weighted by molar-refractivity contribution is -0.140. The zero-order chi connectivity index (χ0) is 28.3. The van der Waals surface area contributed by atoms with Gasteiger partial charge in [0.2, 0.25) is 5.91 Å². The van der Waals surface area contributed by atoms with Gasteiger partial charge in [-0.05, 0) is 44.7 Å². The molecule has 40 heavy (non-hydrogen) atoms. The maximum atomic E-state index is 13.2. The summed E-state index contributed by atoms with van der Waals surface area (Å²) in [6, 6.07) is 7.45. The van der Waals surface area contributed by atoms with Crippen molar-refractivity contribution in [2.75, 3.05) is 16.3 Å². The number of fused-ring (bicyclic) bond motifs is 1. The minimum atomic E-state index is -4.51. The molecule has 0 N–H and O–H groups in total. The van der Waals surface area contributed by atoms with Crippen molar-refractivity contribution in [2.24, 2.45) is 7.05 Å². The minimum absolute atomic E-state index is 0.0534. The van der Waals surface area contributed by atoms with Gasteiger partial charge < -0.3 is 14.4 Å². The van der Waals surface area contributed by atoms with Gasteiger partial charge in [-0.1, -0.05) is 24.3 Å². The van der Waals surface area contributed by atoms with Crippen LogP contribution in [0.5, 0.6) is 0 Å². The monoisotopic (exact) mass is 550 g/mol. The Morgan fingerprint density at radius 1 is 1.07 bits per heavy atom. The number of amides is 1. The molecule has 1 saturated carbocycles. The van der Waals surface area contributed by atoms with Crippen LogP contribution >= 0.6 is 0 Å². The lowest BCUT2D eigenvalue weighted by atomic mass is 10.1. The number of hydrogen-bond acceptors (Lipinski definition) is 6. The van der Waals surface area contributed by atoms with E-state index in [2.05, 4.69) is 15.1 Å². The highest BCUT2D eigenvalue weighted by Gasteiger charge is 2.36. The van der Waals surface area contributed by atoms with E-state index in [1.54, 1.807) is 23.2 Å². The van der Waals surface area contributed by atoms with Crippen molar-refractivity contribution in [1.29, 1.82) is 0 Å². The van der Waals surface area contributed by atoms with Crippen molar-refractivity contribution in [3.05, 3.63) is 59.7 Å². The predicted octanol–water partition coefficient (Wildman–Crippen LogP) is 5.16. The van der Waals surface area contributed by atoms with E-state index >= 15 is 0 Å². The summed E-state index contributed by atoms with van der Waals surface area (Å²) in [6.07, 6.45) is 2.17. The van der Waals surface area contributed by atoms with Gasteiger partial charge in [0.1, 0.15) is 17.2 Å². The maximum absolute atomic E-state index is 13.2. The number of nitrogens with zero attached hydrogens (tertiary/aromatic N) is 8. The molecule has 0 saturated heterocycles. The number of rotatable bonds is 6. The second kappa shape index (κ2) is 9.46. The summed E-state index contributed by atoms with van der Waals surface area (Å²) in [5.41, 5.74) is 3.04. The quantitative estimate of drug-likeness (QED) is 0.330. The molecule has 1 aliphatic heterocycles. The normalized spacial score (nSPS) is 15.8. The first-order valence-electron chi connectivity index (χ1n) is 13.2. The summed E-state index contributed by atoms with van der Waals surface area (Å²) in [6.45, 7) is 6.43. The number of carbonyl (C=O) groups excluding carboxylic acids is 1. The van der Waals surface area contributed by atoms with E-state index in [4.69, 9.17) is 4.98 Å². The molecule has 0 radical (unpaired) electrons. The molecule has 208 valence electrons. The Labute approximate surface area is 229 Å². The van der Waals surface area contributed by atoms with Gasteiger partial charge in [-0.25, -0.2) is 15.0 Å². The zero-order valence-electron chi connectivity index (χ0n) is 22.6. The molecule has 9 nitrogen and oxygen atoms in total. The third kappa shape index (κ3) is 4.61. The Kier molecular flexibility index (Phi) is 6.15. The largest absolute Gasteiger partial charge is 0.434 e.